The number of aromatic hydroxyl groups is 1. The first-order chi connectivity index (χ1) is 7.83. The average molecular weight is 297 g/mol. The van der Waals surface area contributed by atoms with Crippen molar-refractivity contribution in [2.45, 2.75) is 58.3 Å². The molecule has 0 saturated carbocycles. The van der Waals surface area contributed by atoms with Gasteiger partial charge in [-0.3, -0.25) is 0 Å². The zero-order valence-electron chi connectivity index (χ0n) is 13.6. The molecular weight excluding hydrogens is 268 g/mol. The van der Waals surface area contributed by atoms with Gasteiger partial charge in [0.2, 0.25) is 0 Å². The van der Waals surface area contributed by atoms with Gasteiger partial charge in [0.15, 0.2) is 0 Å². The zero-order valence-corrected chi connectivity index (χ0v) is 14.8. The molecule has 1 aromatic rings. The predicted molar refractivity (Wildman–Crippen MR) is 88.2 cm³/mol. The monoisotopic (exact) mass is 296 g/mol. The van der Waals surface area contributed by atoms with Crippen molar-refractivity contribution < 1.29 is 7.96 Å². The van der Waals surface area contributed by atoms with Crippen molar-refractivity contribution in [3.05, 3.63) is 29.8 Å². The van der Waals surface area contributed by atoms with Gasteiger partial charge in [-0.05, 0) is 30.5 Å². The van der Waals surface area contributed by atoms with Gasteiger partial charge in [0.1, 0.15) is 5.75 Å². The van der Waals surface area contributed by atoms with E-state index in [1.165, 1.54) is 50.5 Å². The van der Waals surface area contributed by atoms with Crippen molar-refractivity contribution in [3.63, 3.8) is 0 Å². The second-order valence-electron chi connectivity index (χ2n) is 4.54. The van der Waals surface area contributed by atoms with Gasteiger partial charge in [0.05, 0.1) is 0 Å². The molecule has 0 saturated heterocycles. The van der Waals surface area contributed by atoms with Crippen LogP contribution in [0.4, 0.5) is 0 Å². The number of phenols is 1. The van der Waals surface area contributed by atoms with Crippen LogP contribution in [0.1, 0.15) is 60.3 Å². The minimum atomic E-state index is 0. The van der Waals surface area contributed by atoms with Gasteiger partial charge in [-0.1, -0.05) is 57.6 Å². The molecule has 1 rings (SSSR count). The minimum Gasteiger partial charge on any atom is -1.00 e. The molecule has 0 spiro atoms. The third-order valence-corrected chi connectivity index (χ3v) is 3.01. The van der Waals surface area contributed by atoms with E-state index >= 15 is 0 Å². The van der Waals surface area contributed by atoms with Crippen LogP contribution >= 0.6 is 13.5 Å². The average Bonchev–Trinajstić information content (AvgIpc) is 2.30. The third-order valence-electron chi connectivity index (χ3n) is 3.01. The van der Waals surface area contributed by atoms with Crippen LogP contribution in [-0.4, -0.2) is 42.8 Å². The maximum Gasteiger partial charge on any atom is 2.00 e. The Labute approximate surface area is 152 Å². The second-order valence-corrected chi connectivity index (χ2v) is 4.54. The Balaban J connectivity index is -0.000000320. The molecule has 0 aliphatic carbocycles. The summed E-state index contributed by atoms with van der Waals surface area (Å²) >= 11 is 0. The molecule has 0 fully saturated rings. The van der Waals surface area contributed by atoms with Crippen LogP contribution in [0.15, 0.2) is 24.3 Å². The molecule has 1 aromatic carbocycles. The largest absolute Gasteiger partial charge is 2.00 e. The fourth-order valence-corrected chi connectivity index (χ4v) is 1.95. The van der Waals surface area contributed by atoms with Gasteiger partial charge in [0, 0.05) is 0 Å². The first kappa shape index (κ1) is 20.9. The van der Waals surface area contributed by atoms with Gasteiger partial charge >= 0.3 is 37.7 Å². The Bertz CT molecular complexity index is 284. The summed E-state index contributed by atoms with van der Waals surface area (Å²) in [4.78, 5) is 0. The second kappa shape index (κ2) is 14.0. The molecule has 0 atom stereocenters. The van der Waals surface area contributed by atoms with Crippen molar-refractivity contribution in [3.8, 4) is 5.75 Å². The Hall–Kier alpha value is 0.630. The molecule has 0 heterocycles. The first-order valence-electron chi connectivity index (χ1n) is 6.61. The molecule has 0 bridgehead atoms. The van der Waals surface area contributed by atoms with E-state index in [1.807, 2.05) is 12.1 Å². The Kier molecular flexibility index (Phi) is 16.3. The Morgan fingerprint density at radius 3 is 1.94 bits per heavy atom. The summed E-state index contributed by atoms with van der Waals surface area (Å²) in [6.07, 6.45) is 10.6. The summed E-state index contributed by atoms with van der Waals surface area (Å²) in [5.41, 5.74) is 1.34. The standard InChI is InChI=1S/C15H24O.Ca.H2S.2H/c1-2-3-4-5-6-7-8-9-14-10-12-15(16)13-11-14;;;;/h10-13,16H,2-9H2,1H3;;1H2;;/q;+2;;2*-1. The summed E-state index contributed by atoms with van der Waals surface area (Å²) in [7, 11) is 0. The SMILES string of the molecule is CCCCCCCCCc1ccc(O)cc1.S.[Ca+2].[H-].[H-]. The molecule has 18 heavy (non-hydrogen) atoms. The van der Waals surface area contributed by atoms with E-state index in [-0.39, 0.29) is 54.1 Å². The van der Waals surface area contributed by atoms with Crippen LogP contribution in [-0.2, 0) is 6.42 Å². The third kappa shape index (κ3) is 10.5. The summed E-state index contributed by atoms with van der Waals surface area (Å²) in [6.45, 7) is 2.25. The number of hydrogen-bond acceptors (Lipinski definition) is 1. The van der Waals surface area contributed by atoms with Crippen molar-refractivity contribution in [1.29, 1.82) is 0 Å². The maximum absolute atomic E-state index is 9.15. The number of rotatable bonds is 8. The molecular formula is C15H28CaOS. The van der Waals surface area contributed by atoms with Crippen molar-refractivity contribution >= 4 is 51.2 Å². The van der Waals surface area contributed by atoms with Gasteiger partial charge in [-0.2, -0.15) is 13.5 Å². The van der Waals surface area contributed by atoms with E-state index in [0.717, 1.165) is 6.42 Å². The van der Waals surface area contributed by atoms with Crippen molar-refractivity contribution in [2.24, 2.45) is 0 Å². The minimum absolute atomic E-state index is 0. The number of aryl methyl sites for hydroxylation is 1. The van der Waals surface area contributed by atoms with Gasteiger partial charge < -0.3 is 7.96 Å². The van der Waals surface area contributed by atoms with Crippen molar-refractivity contribution in [1.82, 2.24) is 0 Å². The van der Waals surface area contributed by atoms with E-state index in [2.05, 4.69) is 6.92 Å². The van der Waals surface area contributed by atoms with E-state index in [1.54, 1.807) is 12.1 Å². The molecule has 3 heteroatoms. The van der Waals surface area contributed by atoms with Gasteiger partial charge in [-0.25, -0.2) is 0 Å². The molecule has 0 aromatic heterocycles. The fraction of sp³-hybridized carbons (Fsp3) is 0.600. The maximum atomic E-state index is 9.15. The van der Waals surface area contributed by atoms with Crippen LogP contribution < -0.4 is 0 Å². The summed E-state index contributed by atoms with van der Waals surface area (Å²) in [6, 6.07) is 7.59. The molecule has 1 N–H and O–H groups in total. The normalized spacial score (nSPS) is 9.39. The van der Waals surface area contributed by atoms with Gasteiger partial charge in [-0.15, -0.1) is 0 Å². The molecule has 1 nitrogen and oxygen atoms in total. The number of benzene rings is 1. The molecule has 0 aliphatic heterocycles. The summed E-state index contributed by atoms with van der Waals surface area (Å²) in [5, 5.41) is 9.15. The zero-order chi connectivity index (χ0) is 11.6. The van der Waals surface area contributed by atoms with Crippen LogP contribution in [0.3, 0.4) is 0 Å². The van der Waals surface area contributed by atoms with Crippen LogP contribution in [0, 0.1) is 0 Å². The molecule has 0 amide bonds. The number of phenolic OH excluding ortho intramolecular Hbond substituents is 1. The van der Waals surface area contributed by atoms with E-state index < -0.39 is 0 Å². The molecule has 0 aliphatic rings. The topological polar surface area (TPSA) is 20.2 Å². The number of hydrogen-bond donors (Lipinski definition) is 1. The number of unbranched alkanes of at least 4 members (excludes halogenated alkanes) is 6. The van der Waals surface area contributed by atoms with E-state index in [9.17, 15) is 0 Å². The van der Waals surface area contributed by atoms with Crippen LogP contribution in [0.25, 0.3) is 0 Å². The van der Waals surface area contributed by atoms with Crippen LogP contribution in [0.2, 0.25) is 0 Å². The fourth-order valence-electron chi connectivity index (χ4n) is 1.95. The van der Waals surface area contributed by atoms with E-state index in [0.29, 0.717) is 5.75 Å². The summed E-state index contributed by atoms with van der Waals surface area (Å²) in [5.74, 6) is 0.364. The van der Waals surface area contributed by atoms with Gasteiger partial charge in [0.25, 0.3) is 0 Å². The summed E-state index contributed by atoms with van der Waals surface area (Å²) < 4.78 is 0. The molecule has 0 radical (unpaired) electrons. The Morgan fingerprint density at radius 2 is 1.39 bits per heavy atom. The Morgan fingerprint density at radius 1 is 0.889 bits per heavy atom. The smallest absolute Gasteiger partial charge is 1.00 e. The molecule has 102 valence electrons. The quantitative estimate of drug-likeness (QED) is 0.547. The predicted octanol–water partition coefficient (Wildman–Crippen LogP) is 4.64. The molecule has 0 unspecified atom stereocenters. The van der Waals surface area contributed by atoms with E-state index in [4.69, 9.17) is 5.11 Å². The van der Waals surface area contributed by atoms with Crippen molar-refractivity contribution in [2.75, 3.05) is 0 Å². The first-order valence-corrected chi connectivity index (χ1v) is 6.61. The van der Waals surface area contributed by atoms with Crippen LogP contribution in [0.5, 0.6) is 5.75 Å².